The Kier molecular flexibility index (Phi) is 3.98. The zero-order valence-corrected chi connectivity index (χ0v) is 14.4. The Hall–Kier alpha value is -1.98. The number of fused-ring (bicyclic) bond motifs is 2. The van der Waals surface area contributed by atoms with Gasteiger partial charge in [-0.1, -0.05) is 30.3 Å². The average molecular weight is 324 g/mol. The molecule has 5 nitrogen and oxygen atoms in total. The molecule has 3 heterocycles. The number of rotatable bonds is 3. The first kappa shape index (κ1) is 15.5. The van der Waals surface area contributed by atoms with E-state index in [1.54, 1.807) is 0 Å². The lowest BCUT2D eigenvalue weighted by Crippen LogP contribution is -2.40. The molecule has 126 valence electrons. The van der Waals surface area contributed by atoms with Crippen molar-refractivity contribution in [2.24, 2.45) is 0 Å². The fraction of sp³-hybridized carbons (Fsp3) is 0.474. The molecule has 4 rings (SSSR count). The Bertz CT molecular complexity index is 719. The molecule has 1 saturated heterocycles. The third-order valence-electron chi connectivity index (χ3n) is 5.07. The van der Waals surface area contributed by atoms with E-state index in [4.69, 9.17) is 9.72 Å². The summed E-state index contributed by atoms with van der Waals surface area (Å²) in [6, 6.07) is 10.7. The summed E-state index contributed by atoms with van der Waals surface area (Å²) in [6.07, 6.45) is 3.04. The first-order chi connectivity index (χ1) is 11.7. The average Bonchev–Trinajstić information content (AvgIpc) is 2.99. The van der Waals surface area contributed by atoms with E-state index in [2.05, 4.69) is 40.2 Å². The van der Waals surface area contributed by atoms with Gasteiger partial charge in [-0.05, 0) is 18.5 Å². The van der Waals surface area contributed by atoms with Crippen LogP contribution in [0.25, 0.3) is 0 Å². The number of hydrogen-bond donors (Lipinski definition) is 0. The zero-order valence-electron chi connectivity index (χ0n) is 14.4. The van der Waals surface area contributed by atoms with Crippen LogP contribution in [0.5, 0.6) is 0 Å². The van der Waals surface area contributed by atoms with Crippen LogP contribution in [0.4, 0.5) is 5.95 Å². The predicted octanol–water partition coefficient (Wildman–Crippen LogP) is 2.22. The predicted molar refractivity (Wildman–Crippen MR) is 94.0 cm³/mol. The van der Waals surface area contributed by atoms with Gasteiger partial charge in [-0.15, -0.1) is 0 Å². The quantitative estimate of drug-likeness (QED) is 0.866. The van der Waals surface area contributed by atoms with Crippen molar-refractivity contribution in [2.75, 3.05) is 38.7 Å². The number of nitrogens with zero attached hydrogens (tertiary/aromatic N) is 4. The molecule has 1 fully saturated rings. The van der Waals surface area contributed by atoms with Crippen molar-refractivity contribution in [2.45, 2.75) is 25.0 Å². The first-order valence-corrected chi connectivity index (χ1v) is 8.54. The highest BCUT2D eigenvalue weighted by Gasteiger charge is 2.44. The summed E-state index contributed by atoms with van der Waals surface area (Å²) in [5, 5.41) is 0. The first-order valence-electron chi connectivity index (χ1n) is 8.54. The smallest absolute Gasteiger partial charge is 0.225 e. The Labute approximate surface area is 143 Å². The largest absolute Gasteiger partial charge is 0.376 e. The van der Waals surface area contributed by atoms with Crippen molar-refractivity contribution in [3.63, 3.8) is 0 Å². The fourth-order valence-electron chi connectivity index (χ4n) is 3.85. The topological polar surface area (TPSA) is 41.5 Å². The van der Waals surface area contributed by atoms with Crippen molar-refractivity contribution in [1.29, 1.82) is 0 Å². The van der Waals surface area contributed by atoms with Gasteiger partial charge in [0.05, 0.1) is 24.3 Å². The van der Waals surface area contributed by atoms with Crippen LogP contribution in [-0.4, -0.2) is 48.7 Å². The molecule has 2 aliphatic rings. The second kappa shape index (κ2) is 6.15. The van der Waals surface area contributed by atoms with E-state index in [9.17, 15) is 0 Å². The standard InChI is InChI=1S/C19H24N4O/c1-22(2)18-20-10-16-12-24-14-19(17(16)21-18)8-9-23(13-19)11-15-6-4-3-5-7-15/h3-7,10H,8-9,11-14H2,1-2H3/t19-/m0/s1. The van der Waals surface area contributed by atoms with Gasteiger partial charge >= 0.3 is 0 Å². The third-order valence-corrected chi connectivity index (χ3v) is 5.07. The maximum atomic E-state index is 5.91. The third kappa shape index (κ3) is 2.78. The second-order valence-electron chi connectivity index (χ2n) is 7.16. The molecule has 1 aromatic carbocycles. The van der Waals surface area contributed by atoms with Crippen LogP contribution in [0.1, 0.15) is 23.2 Å². The van der Waals surface area contributed by atoms with E-state index in [-0.39, 0.29) is 5.41 Å². The second-order valence-corrected chi connectivity index (χ2v) is 7.16. The maximum Gasteiger partial charge on any atom is 0.225 e. The fourth-order valence-corrected chi connectivity index (χ4v) is 3.85. The van der Waals surface area contributed by atoms with E-state index in [1.165, 1.54) is 11.3 Å². The number of hydrogen-bond acceptors (Lipinski definition) is 5. The van der Waals surface area contributed by atoms with Crippen molar-refractivity contribution in [1.82, 2.24) is 14.9 Å². The van der Waals surface area contributed by atoms with Crippen LogP contribution in [0.3, 0.4) is 0 Å². The summed E-state index contributed by atoms with van der Waals surface area (Å²) in [5.41, 5.74) is 3.72. The minimum absolute atomic E-state index is 0.00998. The van der Waals surface area contributed by atoms with Crippen LogP contribution < -0.4 is 4.90 Å². The monoisotopic (exact) mass is 324 g/mol. The number of aromatic nitrogens is 2. The molecule has 1 atom stereocenters. The molecule has 2 aliphatic heterocycles. The molecule has 0 saturated carbocycles. The van der Waals surface area contributed by atoms with E-state index < -0.39 is 0 Å². The van der Waals surface area contributed by atoms with Crippen LogP contribution in [0, 0.1) is 0 Å². The van der Waals surface area contributed by atoms with Crippen molar-refractivity contribution >= 4 is 5.95 Å². The maximum absolute atomic E-state index is 5.91. The summed E-state index contributed by atoms with van der Waals surface area (Å²) < 4.78 is 5.91. The molecule has 1 spiro atoms. The minimum atomic E-state index is 0.00998. The van der Waals surface area contributed by atoms with Gasteiger partial charge in [0.2, 0.25) is 5.95 Å². The molecular weight excluding hydrogens is 300 g/mol. The highest BCUT2D eigenvalue weighted by Crippen LogP contribution is 2.39. The van der Waals surface area contributed by atoms with Crippen molar-refractivity contribution in [3.8, 4) is 0 Å². The van der Waals surface area contributed by atoms with E-state index in [0.29, 0.717) is 6.61 Å². The van der Waals surface area contributed by atoms with Gasteiger partial charge in [0.15, 0.2) is 0 Å². The molecule has 2 aromatic rings. The van der Waals surface area contributed by atoms with E-state index in [0.717, 1.165) is 44.2 Å². The molecular formula is C19H24N4O. The summed E-state index contributed by atoms with van der Waals surface area (Å²) in [4.78, 5) is 13.8. The summed E-state index contributed by atoms with van der Waals surface area (Å²) in [5.74, 6) is 0.788. The van der Waals surface area contributed by atoms with Gasteiger partial charge in [0.25, 0.3) is 0 Å². The van der Waals surface area contributed by atoms with Gasteiger partial charge in [-0.3, -0.25) is 4.90 Å². The van der Waals surface area contributed by atoms with E-state index in [1.807, 2.05) is 25.2 Å². The molecule has 1 aromatic heterocycles. The molecule has 24 heavy (non-hydrogen) atoms. The number of likely N-dealkylation sites (tertiary alicyclic amines) is 1. The van der Waals surface area contributed by atoms with E-state index >= 15 is 0 Å². The van der Waals surface area contributed by atoms with Gasteiger partial charge < -0.3 is 9.64 Å². The van der Waals surface area contributed by atoms with Crippen LogP contribution in [0.2, 0.25) is 0 Å². The van der Waals surface area contributed by atoms with Crippen LogP contribution in [-0.2, 0) is 23.3 Å². The zero-order chi connectivity index (χ0) is 16.6. The Morgan fingerprint density at radius 3 is 2.88 bits per heavy atom. The Morgan fingerprint density at radius 1 is 1.25 bits per heavy atom. The lowest BCUT2D eigenvalue weighted by Gasteiger charge is -2.34. The number of ether oxygens (including phenoxy) is 1. The highest BCUT2D eigenvalue weighted by molar-refractivity contribution is 5.37. The van der Waals surface area contributed by atoms with Crippen LogP contribution in [0.15, 0.2) is 36.5 Å². The molecule has 0 N–H and O–H groups in total. The molecule has 0 bridgehead atoms. The minimum Gasteiger partial charge on any atom is -0.376 e. The molecule has 0 unspecified atom stereocenters. The van der Waals surface area contributed by atoms with Crippen molar-refractivity contribution < 1.29 is 4.74 Å². The highest BCUT2D eigenvalue weighted by atomic mass is 16.5. The normalized spacial score (nSPS) is 23.4. The number of benzene rings is 1. The van der Waals surface area contributed by atoms with Gasteiger partial charge in [0.1, 0.15) is 0 Å². The lowest BCUT2D eigenvalue weighted by molar-refractivity contribution is 0.0503. The Morgan fingerprint density at radius 2 is 2.08 bits per heavy atom. The number of anilines is 1. The molecule has 0 amide bonds. The van der Waals surface area contributed by atoms with Gasteiger partial charge in [-0.2, -0.15) is 0 Å². The summed E-state index contributed by atoms with van der Waals surface area (Å²) >= 11 is 0. The molecule has 0 radical (unpaired) electrons. The summed E-state index contributed by atoms with van der Waals surface area (Å²) in [6.45, 7) is 4.46. The van der Waals surface area contributed by atoms with Crippen LogP contribution >= 0.6 is 0 Å². The van der Waals surface area contributed by atoms with Crippen molar-refractivity contribution in [3.05, 3.63) is 53.3 Å². The Balaban J connectivity index is 1.60. The van der Waals surface area contributed by atoms with Gasteiger partial charge in [0, 0.05) is 38.9 Å². The van der Waals surface area contributed by atoms with Gasteiger partial charge in [-0.25, -0.2) is 9.97 Å². The summed E-state index contributed by atoms with van der Waals surface area (Å²) in [7, 11) is 3.98. The SMILES string of the molecule is CN(C)c1ncc2c(n1)[C@]1(CCN(Cc3ccccc3)C1)COC2. The lowest BCUT2D eigenvalue weighted by atomic mass is 9.80. The molecule has 5 heteroatoms. The molecule has 0 aliphatic carbocycles.